The van der Waals surface area contributed by atoms with Crippen LogP contribution in [0.25, 0.3) is 0 Å². The Bertz CT molecular complexity index is 1160. The van der Waals surface area contributed by atoms with Gasteiger partial charge in [-0.25, -0.2) is 0 Å². The molecule has 8 nitrogen and oxygen atoms in total. The van der Waals surface area contributed by atoms with Crippen LogP contribution in [0.4, 0.5) is 32.0 Å². The molecule has 5 heterocycles. The third-order valence-corrected chi connectivity index (χ3v) is 7.46. The number of aromatic nitrogens is 4. The maximum absolute atomic E-state index is 13.3. The zero-order valence-electron chi connectivity index (χ0n) is 20.2. The number of hydrogen-bond acceptors (Lipinski definition) is 6. The molecule has 1 saturated heterocycles. The quantitative estimate of drug-likeness (QED) is 0.567. The normalized spacial score (nSPS) is 23.1. The van der Waals surface area contributed by atoms with Crippen molar-refractivity contribution < 1.29 is 31.1 Å². The molecule has 37 heavy (non-hydrogen) atoms. The van der Waals surface area contributed by atoms with E-state index in [0.29, 0.717) is 38.2 Å². The highest BCUT2D eigenvalue weighted by molar-refractivity contribution is 5.79. The zero-order valence-corrected chi connectivity index (χ0v) is 20.2. The van der Waals surface area contributed by atoms with Crippen LogP contribution in [-0.4, -0.2) is 74.4 Å². The number of carbonyl (C=O) groups is 1. The summed E-state index contributed by atoms with van der Waals surface area (Å²) in [6.07, 6.45) is -6.21. The Kier molecular flexibility index (Phi) is 6.57. The number of hydrogen-bond donors (Lipinski definition) is 0. The average Bonchev–Trinajstić information content (AvgIpc) is 3.26. The van der Waals surface area contributed by atoms with Crippen LogP contribution in [0.3, 0.4) is 0 Å². The second-order valence-electron chi connectivity index (χ2n) is 10.00. The highest BCUT2D eigenvalue weighted by atomic mass is 19.4. The molecule has 3 aliphatic rings. The van der Waals surface area contributed by atoms with Crippen LogP contribution in [0.5, 0.6) is 0 Å². The summed E-state index contributed by atoms with van der Waals surface area (Å²) >= 11 is 0. The number of fused-ring (bicyclic) bond motifs is 2. The van der Waals surface area contributed by atoms with Gasteiger partial charge in [0.15, 0.2) is 5.82 Å². The standard InChI is InChI=1S/C23H27F6N7O/c1-14-10-34(18-2-5-30-17-11-33(6-3-16(17)18)13-22(24,25)26)7-4-15(14)20(37)35-8-9-36-19(12-35)31-32-21(36)23(27,28)29/h2,5,14-15H,3-4,6-13H2,1H3. The summed E-state index contributed by atoms with van der Waals surface area (Å²) in [5, 5.41) is 6.93. The smallest absolute Gasteiger partial charge is 0.371 e. The van der Waals surface area contributed by atoms with Gasteiger partial charge in [0.1, 0.15) is 0 Å². The lowest BCUT2D eigenvalue weighted by Gasteiger charge is -2.41. The van der Waals surface area contributed by atoms with E-state index in [9.17, 15) is 31.1 Å². The van der Waals surface area contributed by atoms with E-state index in [4.69, 9.17) is 0 Å². The van der Waals surface area contributed by atoms with Crippen molar-refractivity contribution >= 4 is 11.6 Å². The SMILES string of the molecule is CC1CN(c2ccnc3c2CCN(CC(F)(F)F)C3)CCC1C(=O)N1CCn2c(nnc2C(F)(F)F)C1. The fraction of sp³-hybridized carbons (Fsp3) is 0.652. The predicted molar refractivity (Wildman–Crippen MR) is 119 cm³/mol. The third-order valence-electron chi connectivity index (χ3n) is 7.46. The van der Waals surface area contributed by atoms with Gasteiger partial charge in [-0.2, -0.15) is 26.3 Å². The molecule has 0 aromatic carbocycles. The molecule has 5 rings (SSSR count). The second kappa shape index (κ2) is 9.44. The first-order valence-corrected chi connectivity index (χ1v) is 12.2. The zero-order chi connectivity index (χ0) is 26.5. The van der Waals surface area contributed by atoms with E-state index >= 15 is 0 Å². The van der Waals surface area contributed by atoms with Crippen molar-refractivity contribution in [2.24, 2.45) is 11.8 Å². The van der Waals surface area contributed by atoms with E-state index in [1.807, 2.05) is 13.0 Å². The lowest BCUT2D eigenvalue weighted by Crippen LogP contribution is -2.49. The van der Waals surface area contributed by atoms with Gasteiger partial charge in [0.2, 0.25) is 11.7 Å². The first-order valence-electron chi connectivity index (χ1n) is 12.2. The number of piperidine rings is 1. The molecular weight excluding hydrogens is 504 g/mol. The Morgan fingerprint density at radius 3 is 2.54 bits per heavy atom. The summed E-state index contributed by atoms with van der Waals surface area (Å²) in [4.78, 5) is 22.7. The molecule has 1 amide bonds. The molecule has 0 radical (unpaired) electrons. The van der Waals surface area contributed by atoms with Gasteiger partial charge in [0, 0.05) is 57.1 Å². The molecule has 2 aromatic rings. The van der Waals surface area contributed by atoms with Crippen LogP contribution in [0.2, 0.25) is 0 Å². The number of pyridine rings is 1. The van der Waals surface area contributed by atoms with Crippen molar-refractivity contribution in [2.75, 3.05) is 37.6 Å². The van der Waals surface area contributed by atoms with E-state index in [1.165, 1.54) is 4.90 Å². The number of anilines is 1. The third kappa shape index (κ3) is 5.25. The van der Waals surface area contributed by atoms with Gasteiger partial charge in [-0.3, -0.25) is 14.7 Å². The Labute approximate surface area is 209 Å². The van der Waals surface area contributed by atoms with E-state index in [1.54, 1.807) is 11.1 Å². The first-order chi connectivity index (χ1) is 17.4. The van der Waals surface area contributed by atoms with Gasteiger partial charge in [0.05, 0.1) is 18.8 Å². The minimum absolute atomic E-state index is 0.00927. The van der Waals surface area contributed by atoms with E-state index in [-0.39, 0.29) is 49.7 Å². The van der Waals surface area contributed by atoms with E-state index in [0.717, 1.165) is 15.8 Å². The first kappa shape index (κ1) is 25.7. The molecule has 0 spiro atoms. The van der Waals surface area contributed by atoms with Crippen molar-refractivity contribution in [1.82, 2.24) is 29.5 Å². The molecule has 0 N–H and O–H groups in total. The maximum atomic E-state index is 13.3. The molecule has 0 aliphatic carbocycles. The van der Waals surface area contributed by atoms with E-state index in [2.05, 4.69) is 20.1 Å². The summed E-state index contributed by atoms with van der Waals surface area (Å²) < 4.78 is 78.9. The Balaban J connectivity index is 1.24. The summed E-state index contributed by atoms with van der Waals surface area (Å²) in [5.74, 6) is -1.33. The van der Waals surface area contributed by atoms with Crippen LogP contribution < -0.4 is 4.90 Å². The number of nitrogens with zero attached hydrogens (tertiary/aromatic N) is 7. The van der Waals surface area contributed by atoms with Gasteiger partial charge >= 0.3 is 12.4 Å². The molecule has 2 aromatic heterocycles. The number of amides is 1. The van der Waals surface area contributed by atoms with Crippen molar-refractivity contribution in [3.8, 4) is 0 Å². The van der Waals surface area contributed by atoms with E-state index < -0.39 is 24.7 Å². The predicted octanol–water partition coefficient (Wildman–Crippen LogP) is 3.12. The number of alkyl halides is 6. The molecule has 14 heteroatoms. The van der Waals surface area contributed by atoms with Crippen LogP contribution in [0, 0.1) is 11.8 Å². The van der Waals surface area contributed by atoms with Crippen molar-refractivity contribution in [1.29, 1.82) is 0 Å². The van der Waals surface area contributed by atoms with Crippen LogP contribution >= 0.6 is 0 Å². The highest BCUT2D eigenvalue weighted by Crippen LogP contribution is 2.35. The van der Waals surface area contributed by atoms with Crippen molar-refractivity contribution in [3.05, 3.63) is 35.2 Å². The number of halogens is 6. The molecule has 0 bridgehead atoms. The largest absolute Gasteiger partial charge is 0.451 e. The lowest BCUT2D eigenvalue weighted by molar-refractivity contribution is -0.149. The van der Waals surface area contributed by atoms with Crippen molar-refractivity contribution in [2.45, 2.75) is 51.8 Å². The summed E-state index contributed by atoms with van der Waals surface area (Å²) in [5.41, 5.74) is 2.54. The fourth-order valence-corrected chi connectivity index (χ4v) is 5.70. The monoisotopic (exact) mass is 531 g/mol. The second-order valence-corrected chi connectivity index (χ2v) is 10.00. The fourth-order valence-electron chi connectivity index (χ4n) is 5.70. The summed E-state index contributed by atoms with van der Waals surface area (Å²) in [7, 11) is 0. The molecular formula is C23H27F6N7O. The highest BCUT2D eigenvalue weighted by Gasteiger charge is 2.41. The van der Waals surface area contributed by atoms with Crippen LogP contribution in [0.1, 0.15) is 36.3 Å². The maximum Gasteiger partial charge on any atom is 0.451 e. The molecule has 0 saturated carbocycles. The topological polar surface area (TPSA) is 70.4 Å². The summed E-state index contributed by atoms with van der Waals surface area (Å²) in [6, 6.07) is 1.88. The molecule has 2 atom stereocenters. The van der Waals surface area contributed by atoms with Crippen molar-refractivity contribution in [3.63, 3.8) is 0 Å². The number of rotatable bonds is 3. The van der Waals surface area contributed by atoms with Gasteiger partial charge in [0.25, 0.3) is 0 Å². The molecule has 2 unspecified atom stereocenters. The molecule has 1 fully saturated rings. The van der Waals surface area contributed by atoms with Gasteiger partial charge in [-0.1, -0.05) is 6.92 Å². The average molecular weight is 532 g/mol. The molecule has 202 valence electrons. The van der Waals surface area contributed by atoms with Gasteiger partial charge in [-0.05, 0) is 30.4 Å². The number of carbonyl (C=O) groups excluding carboxylic acids is 1. The minimum atomic E-state index is -4.60. The van der Waals surface area contributed by atoms with Crippen LogP contribution in [-0.2, 0) is 37.0 Å². The minimum Gasteiger partial charge on any atom is -0.371 e. The molecule has 3 aliphatic heterocycles. The van der Waals surface area contributed by atoms with Gasteiger partial charge < -0.3 is 14.4 Å². The Morgan fingerprint density at radius 1 is 1.05 bits per heavy atom. The Hall–Kier alpha value is -2.90. The Morgan fingerprint density at radius 2 is 1.84 bits per heavy atom. The lowest BCUT2D eigenvalue weighted by atomic mass is 9.85. The van der Waals surface area contributed by atoms with Crippen LogP contribution in [0.15, 0.2) is 12.3 Å². The van der Waals surface area contributed by atoms with Gasteiger partial charge in [-0.15, -0.1) is 10.2 Å². The summed E-state index contributed by atoms with van der Waals surface area (Å²) in [6.45, 7) is 2.76.